The van der Waals surface area contributed by atoms with Crippen LogP contribution in [-0.4, -0.2) is 38.9 Å². The van der Waals surface area contributed by atoms with Crippen LogP contribution in [0.3, 0.4) is 0 Å². The van der Waals surface area contributed by atoms with Crippen molar-refractivity contribution in [3.8, 4) is 0 Å². The Kier molecular flexibility index (Phi) is 5.64. The second-order valence-electron chi connectivity index (χ2n) is 6.38. The van der Waals surface area contributed by atoms with Gasteiger partial charge in [-0.2, -0.15) is 4.31 Å². The van der Waals surface area contributed by atoms with Gasteiger partial charge in [-0.15, -0.1) is 0 Å². The Hall–Kier alpha value is -0.910. The number of benzene rings is 1. The molecule has 124 valence electrons. The Morgan fingerprint density at radius 2 is 1.68 bits per heavy atom. The Morgan fingerprint density at radius 3 is 2.18 bits per heavy atom. The molecule has 5 heteroatoms. The highest BCUT2D eigenvalue weighted by atomic mass is 32.2. The number of nitrogens with one attached hydrogen (secondary N) is 1. The summed E-state index contributed by atoms with van der Waals surface area (Å²) in [7, 11) is -3.37. The van der Waals surface area contributed by atoms with Gasteiger partial charge >= 0.3 is 0 Å². The molecule has 0 bridgehead atoms. The summed E-state index contributed by atoms with van der Waals surface area (Å²) in [6.45, 7) is 11.1. The van der Waals surface area contributed by atoms with Crippen LogP contribution in [0.4, 0.5) is 0 Å². The molecule has 2 rings (SSSR count). The number of sulfonamides is 1. The molecule has 22 heavy (non-hydrogen) atoms. The molecule has 0 amide bonds. The summed E-state index contributed by atoms with van der Waals surface area (Å²) >= 11 is 0. The van der Waals surface area contributed by atoms with E-state index < -0.39 is 10.0 Å². The third-order valence-corrected chi connectivity index (χ3v) is 6.66. The van der Waals surface area contributed by atoms with Crippen LogP contribution in [0.15, 0.2) is 17.0 Å². The summed E-state index contributed by atoms with van der Waals surface area (Å²) in [5, 5.41) is 3.36. The van der Waals surface area contributed by atoms with Crippen molar-refractivity contribution in [1.29, 1.82) is 0 Å². The van der Waals surface area contributed by atoms with Crippen molar-refractivity contribution in [2.45, 2.75) is 45.4 Å². The lowest BCUT2D eigenvalue weighted by Gasteiger charge is -2.32. The van der Waals surface area contributed by atoms with Crippen molar-refractivity contribution in [3.63, 3.8) is 0 Å². The Bertz CT molecular complexity index is 595. The van der Waals surface area contributed by atoms with Crippen molar-refractivity contribution in [2.75, 3.05) is 26.2 Å². The van der Waals surface area contributed by atoms with E-state index in [-0.39, 0.29) is 0 Å². The molecule has 1 saturated heterocycles. The number of hydrogen-bond donors (Lipinski definition) is 1. The van der Waals surface area contributed by atoms with Crippen LogP contribution in [-0.2, 0) is 10.0 Å². The first-order chi connectivity index (χ1) is 10.4. The average molecular weight is 324 g/mol. The van der Waals surface area contributed by atoms with E-state index in [1.807, 2.05) is 32.9 Å². The van der Waals surface area contributed by atoms with Crippen molar-refractivity contribution in [1.82, 2.24) is 9.62 Å². The van der Waals surface area contributed by atoms with E-state index >= 15 is 0 Å². The molecule has 1 aromatic rings. The SMILES string of the molecule is CCNCC1CCN(S(=O)(=O)c2c(C)cc(C)cc2C)CC1. The zero-order valence-electron chi connectivity index (χ0n) is 14.1. The minimum atomic E-state index is -3.37. The highest BCUT2D eigenvalue weighted by molar-refractivity contribution is 7.89. The second-order valence-corrected chi connectivity index (χ2v) is 8.26. The Labute approximate surface area is 135 Å². The maximum Gasteiger partial charge on any atom is 0.243 e. The summed E-state index contributed by atoms with van der Waals surface area (Å²) < 4.78 is 27.6. The van der Waals surface area contributed by atoms with Gasteiger partial charge in [-0.25, -0.2) is 8.42 Å². The van der Waals surface area contributed by atoms with E-state index in [0.29, 0.717) is 23.9 Å². The molecule has 0 aromatic heterocycles. The van der Waals surface area contributed by atoms with Crippen molar-refractivity contribution in [3.05, 3.63) is 28.8 Å². The molecule has 1 aliphatic heterocycles. The molecule has 1 aliphatic rings. The van der Waals surface area contributed by atoms with Gasteiger partial charge in [0.1, 0.15) is 0 Å². The smallest absolute Gasteiger partial charge is 0.243 e. The molecule has 1 heterocycles. The highest BCUT2D eigenvalue weighted by Crippen LogP contribution is 2.28. The number of aryl methyl sites for hydroxylation is 3. The number of hydrogen-bond acceptors (Lipinski definition) is 3. The third-order valence-electron chi connectivity index (χ3n) is 4.46. The lowest BCUT2D eigenvalue weighted by molar-refractivity contribution is 0.268. The molecular formula is C17H28N2O2S. The molecule has 1 fully saturated rings. The molecule has 0 saturated carbocycles. The quantitative estimate of drug-likeness (QED) is 0.906. The fourth-order valence-corrected chi connectivity index (χ4v) is 5.29. The van der Waals surface area contributed by atoms with Gasteiger partial charge < -0.3 is 5.32 Å². The summed E-state index contributed by atoms with van der Waals surface area (Å²) in [5.41, 5.74) is 2.82. The molecule has 1 N–H and O–H groups in total. The van der Waals surface area contributed by atoms with Gasteiger partial charge in [0.2, 0.25) is 10.0 Å². The second kappa shape index (κ2) is 7.11. The van der Waals surface area contributed by atoms with Crippen LogP contribution in [0.1, 0.15) is 36.5 Å². The molecule has 4 nitrogen and oxygen atoms in total. The van der Waals surface area contributed by atoms with Crippen molar-refractivity contribution in [2.24, 2.45) is 5.92 Å². The topological polar surface area (TPSA) is 49.4 Å². The minimum absolute atomic E-state index is 0.503. The molecule has 0 spiro atoms. The van der Waals surface area contributed by atoms with Gasteiger partial charge in [0.25, 0.3) is 0 Å². The van der Waals surface area contributed by atoms with Crippen LogP contribution < -0.4 is 5.32 Å². The standard InChI is InChI=1S/C17H28N2O2S/c1-5-18-12-16-6-8-19(9-7-16)22(20,21)17-14(3)10-13(2)11-15(17)4/h10-11,16,18H,5-9,12H2,1-4H3. The first kappa shape index (κ1) is 17.4. The fraction of sp³-hybridized carbons (Fsp3) is 0.647. The van der Waals surface area contributed by atoms with E-state index in [0.717, 1.165) is 42.6 Å². The molecular weight excluding hydrogens is 296 g/mol. The fourth-order valence-electron chi connectivity index (χ4n) is 3.40. The first-order valence-electron chi connectivity index (χ1n) is 8.15. The number of rotatable bonds is 5. The largest absolute Gasteiger partial charge is 0.317 e. The van der Waals surface area contributed by atoms with Crippen LogP contribution in [0.5, 0.6) is 0 Å². The van der Waals surface area contributed by atoms with E-state index in [4.69, 9.17) is 0 Å². The zero-order chi connectivity index (χ0) is 16.3. The molecule has 0 unspecified atom stereocenters. The predicted octanol–water partition coefficient (Wildman–Crippen LogP) is 2.62. The van der Waals surface area contributed by atoms with E-state index in [1.54, 1.807) is 4.31 Å². The van der Waals surface area contributed by atoms with Gasteiger partial charge in [-0.1, -0.05) is 24.6 Å². The number of nitrogens with zero attached hydrogens (tertiary/aromatic N) is 1. The summed E-state index contributed by atoms with van der Waals surface area (Å²) in [6.07, 6.45) is 1.88. The number of piperidine rings is 1. The van der Waals surface area contributed by atoms with E-state index in [9.17, 15) is 8.42 Å². The summed E-state index contributed by atoms with van der Waals surface area (Å²) in [4.78, 5) is 0.503. The van der Waals surface area contributed by atoms with Gasteiger partial charge in [-0.3, -0.25) is 0 Å². The van der Waals surface area contributed by atoms with Crippen LogP contribution in [0, 0.1) is 26.7 Å². The minimum Gasteiger partial charge on any atom is -0.317 e. The normalized spacial score (nSPS) is 17.8. The lowest BCUT2D eigenvalue weighted by Crippen LogP contribution is -2.41. The van der Waals surface area contributed by atoms with Gasteiger partial charge in [0.15, 0.2) is 0 Å². The third kappa shape index (κ3) is 3.70. The van der Waals surface area contributed by atoms with Gasteiger partial charge in [0, 0.05) is 13.1 Å². The van der Waals surface area contributed by atoms with Crippen molar-refractivity contribution >= 4 is 10.0 Å². The Morgan fingerprint density at radius 1 is 1.14 bits per heavy atom. The summed E-state index contributed by atoms with van der Waals surface area (Å²) in [5.74, 6) is 0.589. The van der Waals surface area contributed by atoms with Gasteiger partial charge in [-0.05, 0) is 63.7 Å². The predicted molar refractivity (Wildman–Crippen MR) is 90.7 cm³/mol. The van der Waals surface area contributed by atoms with Crippen molar-refractivity contribution < 1.29 is 8.42 Å². The zero-order valence-corrected chi connectivity index (χ0v) is 15.0. The van der Waals surface area contributed by atoms with E-state index in [2.05, 4.69) is 12.2 Å². The lowest BCUT2D eigenvalue weighted by atomic mass is 9.98. The molecule has 0 aliphatic carbocycles. The van der Waals surface area contributed by atoms with Crippen LogP contribution in [0.2, 0.25) is 0 Å². The maximum atomic E-state index is 13.0. The molecule has 0 radical (unpaired) electrons. The Balaban J connectivity index is 2.16. The van der Waals surface area contributed by atoms with Gasteiger partial charge in [0.05, 0.1) is 4.90 Å². The molecule has 1 aromatic carbocycles. The monoisotopic (exact) mass is 324 g/mol. The van der Waals surface area contributed by atoms with Crippen LogP contribution >= 0.6 is 0 Å². The molecule has 0 atom stereocenters. The summed E-state index contributed by atoms with van der Waals surface area (Å²) in [6, 6.07) is 3.91. The average Bonchev–Trinajstić information content (AvgIpc) is 2.44. The highest BCUT2D eigenvalue weighted by Gasteiger charge is 2.31. The first-order valence-corrected chi connectivity index (χ1v) is 9.59. The maximum absolute atomic E-state index is 13.0. The van der Waals surface area contributed by atoms with E-state index in [1.165, 1.54) is 0 Å². The van der Waals surface area contributed by atoms with Crippen LogP contribution in [0.25, 0.3) is 0 Å².